The minimum absolute atomic E-state index is 0.199. The third kappa shape index (κ3) is 3.14. The van der Waals surface area contributed by atoms with Gasteiger partial charge in [-0.05, 0) is 37.1 Å². The first-order valence-electron chi connectivity index (χ1n) is 6.74. The molecule has 1 aromatic carbocycles. The summed E-state index contributed by atoms with van der Waals surface area (Å²) < 4.78 is 5.28. The van der Waals surface area contributed by atoms with E-state index in [1.165, 1.54) is 0 Å². The summed E-state index contributed by atoms with van der Waals surface area (Å²) in [6, 6.07) is 3.76. The third-order valence-electron chi connectivity index (χ3n) is 3.83. The van der Waals surface area contributed by atoms with Crippen molar-refractivity contribution in [3.05, 3.63) is 28.8 Å². The molecule has 1 aliphatic rings. The van der Waals surface area contributed by atoms with Crippen LogP contribution in [0.3, 0.4) is 0 Å². The second kappa shape index (κ2) is 6.17. The Hall–Kier alpha value is -1.39. The van der Waals surface area contributed by atoms with Crippen LogP contribution >= 0.6 is 0 Å². The second-order valence-electron chi connectivity index (χ2n) is 5.01. The Morgan fingerprint density at radius 3 is 2.58 bits per heavy atom. The Kier molecular flexibility index (Phi) is 4.56. The number of hydrogen-bond donors (Lipinski definition) is 1. The summed E-state index contributed by atoms with van der Waals surface area (Å²) in [6.07, 6.45) is 0. The summed E-state index contributed by atoms with van der Waals surface area (Å²) in [5.74, 6) is 1.04. The van der Waals surface area contributed by atoms with Crippen LogP contribution in [0.5, 0.6) is 5.75 Å². The standard InChI is InChI=1S/C15H22N2O2/c1-11-12(2)15(19-3)5-4-13(11)14(18)10-17-8-6-16-7-9-17/h4-5,16H,6-10H2,1-3H3. The minimum atomic E-state index is 0.199. The summed E-state index contributed by atoms with van der Waals surface area (Å²) in [4.78, 5) is 14.6. The number of Topliss-reactive ketones (excluding diaryl/α,β-unsaturated/α-hetero) is 1. The summed E-state index contributed by atoms with van der Waals surface area (Å²) in [6.45, 7) is 8.31. The van der Waals surface area contributed by atoms with Crippen LogP contribution in [0.25, 0.3) is 0 Å². The van der Waals surface area contributed by atoms with Crippen LogP contribution in [0.2, 0.25) is 0 Å². The zero-order valence-corrected chi connectivity index (χ0v) is 12.0. The highest BCUT2D eigenvalue weighted by Gasteiger charge is 2.17. The zero-order chi connectivity index (χ0) is 13.8. The first kappa shape index (κ1) is 14.0. The molecule has 1 N–H and O–H groups in total. The SMILES string of the molecule is COc1ccc(C(=O)CN2CCNCC2)c(C)c1C. The number of piperazine rings is 1. The lowest BCUT2D eigenvalue weighted by Gasteiger charge is -2.26. The van der Waals surface area contributed by atoms with Gasteiger partial charge in [-0.1, -0.05) is 0 Å². The molecule has 0 bridgehead atoms. The van der Waals surface area contributed by atoms with Crippen molar-refractivity contribution < 1.29 is 9.53 Å². The van der Waals surface area contributed by atoms with Crippen molar-refractivity contribution in [2.75, 3.05) is 39.8 Å². The number of nitrogens with one attached hydrogen (secondary N) is 1. The molecule has 0 saturated carbocycles. The van der Waals surface area contributed by atoms with Gasteiger partial charge in [0.1, 0.15) is 5.75 Å². The molecule has 19 heavy (non-hydrogen) atoms. The molecule has 0 atom stereocenters. The lowest BCUT2D eigenvalue weighted by Crippen LogP contribution is -2.45. The molecule has 1 aliphatic heterocycles. The number of ketones is 1. The van der Waals surface area contributed by atoms with E-state index in [4.69, 9.17) is 4.74 Å². The molecule has 0 spiro atoms. The number of hydrogen-bond acceptors (Lipinski definition) is 4. The molecule has 1 saturated heterocycles. The smallest absolute Gasteiger partial charge is 0.177 e. The lowest BCUT2D eigenvalue weighted by molar-refractivity contribution is 0.0921. The Morgan fingerprint density at radius 2 is 1.95 bits per heavy atom. The van der Waals surface area contributed by atoms with E-state index in [1.54, 1.807) is 7.11 Å². The first-order valence-corrected chi connectivity index (χ1v) is 6.74. The topological polar surface area (TPSA) is 41.6 Å². The molecule has 0 aliphatic carbocycles. The monoisotopic (exact) mass is 262 g/mol. The normalized spacial score (nSPS) is 16.4. The van der Waals surface area contributed by atoms with Gasteiger partial charge in [0, 0.05) is 31.7 Å². The van der Waals surface area contributed by atoms with Gasteiger partial charge < -0.3 is 10.1 Å². The van der Waals surface area contributed by atoms with E-state index in [-0.39, 0.29) is 5.78 Å². The van der Waals surface area contributed by atoms with Gasteiger partial charge in [0.05, 0.1) is 13.7 Å². The van der Waals surface area contributed by atoms with Crippen LogP contribution in [0, 0.1) is 13.8 Å². The first-order chi connectivity index (χ1) is 9.13. The van der Waals surface area contributed by atoms with Gasteiger partial charge in [-0.2, -0.15) is 0 Å². The fourth-order valence-electron chi connectivity index (χ4n) is 2.48. The van der Waals surface area contributed by atoms with Crippen LogP contribution in [-0.2, 0) is 0 Å². The fourth-order valence-corrected chi connectivity index (χ4v) is 2.48. The molecule has 0 amide bonds. The van der Waals surface area contributed by atoms with E-state index in [1.807, 2.05) is 26.0 Å². The van der Waals surface area contributed by atoms with E-state index in [0.717, 1.165) is 48.6 Å². The van der Waals surface area contributed by atoms with Gasteiger partial charge >= 0.3 is 0 Å². The van der Waals surface area contributed by atoms with Crippen molar-refractivity contribution in [1.29, 1.82) is 0 Å². The van der Waals surface area contributed by atoms with Crippen LogP contribution < -0.4 is 10.1 Å². The highest BCUT2D eigenvalue weighted by atomic mass is 16.5. The van der Waals surface area contributed by atoms with Crippen molar-refractivity contribution in [2.24, 2.45) is 0 Å². The van der Waals surface area contributed by atoms with E-state index < -0.39 is 0 Å². The van der Waals surface area contributed by atoms with E-state index in [9.17, 15) is 4.79 Å². The molecule has 0 unspecified atom stereocenters. The van der Waals surface area contributed by atoms with Crippen LogP contribution in [0.15, 0.2) is 12.1 Å². The number of nitrogens with zero attached hydrogens (tertiary/aromatic N) is 1. The molecular formula is C15H22N2O2. The van der Waals surface area contributed by atoms with Crippen molar-refractivity contribution in [2.45, 2.75) is 13.8 Å². The second-order valence-corrected chi connectivity index (χ2v) is 5.01. The minimum Gasteiger partial charge on any atom is -0.496 e. The fraction of sp³-hybridized carbons (Fsp3) is 0.533. The average molecular weight is 262 g/mol. The highest BCUT2D eigenvalue weighted by Crippen LogP contribution is 2.24. The Morgan fingerprint density at radius 1 is 1.26 bits per heavy atom. The molecule has 0 aromatic heterocycles. The summed E-state index contributed by atoms with van der Waals surface area (Å²) in [5, 5.41) is 3.29. The molecule has 2 rings (SSSR count). The number of carbonyl (C=O) groups excluding carboxylic acids is 1. The van der Waals surface area contributed by atoms with Gasteiger partial charge in [0.15, 0.2) is 5.78 Å². The Balaban J connectivity index is 2.12. The summed E-state index contributed by atoms with van der Waals surface area (Å²) in [7, 11) is 1.66. The van der Waals surface area contributed by atoms with Crippen molar-refractivity contribution in [3.63, 3.8) is 0 Å². The number of benzene rings is 1. The van der Waals surface area contributed by atoms with Gasteiger partial charge in [0.2, 0.25) is 0 Å². The lowest BCUT2D eigenvalue weighted by atomic mass is 9.99. The maximum Gasteiger partial charge on any atom is 0.177 e. The molecule has 1 aromatic rings. The zero-order valence-electron chi connectivity index (χ0n) is 12.0. The molecule has 4 nitrogen and oxygen atoms in total. The third-order valence-corrected chi connectivity index (χ3v) is 3.83. The summed E-state index contributed by atoms with van der Waals surface area (Å²) in [5.41, 5.74) is 2.89. The molecular weight excluding hydrogens is 240 g/mol. The predicted octanol–water partition coefficient (Wildman–Crippen LogP) is 1.40. The van der Waals surface area contributed by atoms with Crippen LogP contribution in [0.1, 0.15) is 21.5 Å². The van der Waals surface area contributed by atoms with Crippen molar-refractivity contribution in [1.82, 2.24) is 10.2 Å². The maximum absolute atomic E-state index is 12.4. The molecule has 1 heterocycles. The predicted molar refractivity (Wildman–Crippen MR) is 76.1 cm³/mol. The highest BCUT2D eigenvalue weighted by molar-refractivity contribution is 5.99. The van der Waals surface area contributed by atoms with E-state index >= 15 is 0 Å². The van der Waals surface area contributed by atoms with E-state index in [0.29, 0.717) is 6.54 Å². The van der Waals surface area contributed by atoms with Crippen molar-refractivity contribution >= 4 is 5.78 Å². The van der Waals surface area contributed by atoms with Gasteiger partial charge in [0.25, 0.3) is 0 Å². The van der Waals surface area contributed by atoms with Crippen LogP contribution in [0.4, 0.5) is 0 Å². The molecule has 4 heteroatoms. The number of carbonyl (C=O) groups is 1. The number of rotatable bonds is 4. The Bertz CT molecular complexity index is 465. The van der Waals surface area contributed by atoms with E-state index in [2.05, 4.69) is 10.2 Å². The number of methoxy groups -OCH3 is 1. The summed E-state index contributed by atoms with van der Waals surface area (Å²) >= 11 is 0. The quantitative estimate of drug-likeness (QED) is 0.833. The van der Waals surface area contributed by atoms with Gasteiger partial charge in [-0.25, -0.2) is 0 Å². The Labute approximate surface area is 114 Å². The average Bonchev–Trinajstić information content (AvgIpc) is 2.42. The van der Waals surface area contributed by atoms with Gasteiger partial charge in [-0.15, -0.1) is 0 Å². The molecule has 0 radical (unpaired) electrons. The largest absolute Gasteiger partial charge is 0.496 e. The van der Waals surface area contributed by atoms with Crippen LogP contribution in [-0.4, -0.2) is 50.5 Å². The van der Waals surface area contributed by atoms with Gasteiger partial charge in [-0.3, -0.25) is 9.69 Å². The maximum atomic E-state index is 12.4. The number of ether oxygens (including phenoxy) is 1. The molecule has 1 fully saturated rings. The van der Waals surface area contributed by atoms with Crippen molar-refractivity contribution in [3.8, 4) is 5.75 Å². The molecule has 104 valence electrons.